The smallest absolute Gasteiger partial charge is 0.161 e. The van der Waals surface area contributed by atoms with E-state index in [0.717, 1.165) is 30.4 Å². The summed E-state index contributed by atoms with van der Waals surface area (Å²) in [6, 6.07) is 0. The molecule has 18 heavy (non-hydrogen) atoms. The molecule has 3 rings (SSSR count). The first-order valence-corrected chi connectivity index (χ1v) is 6.89. The van der Waals surface area contributed by atoms with Crippen molar-refractivity contribution in [2.45, 2.75) is 76.8 Å². The van der Waals surface area contributed by atoms with Crippen molar-refractivity contribution in [2.75, 3.05) is 0 Å². The molecule has 3 nitrogen and oxygen atoms in total. The van der Waals surface area contributed by atoms with Crippen molar-refractivity contribution in [2.24, 2.45) is 0 Å². The average molecular weight is 250 g/mol. The van der Waals surface area contributed by atoms with E-state index in [1.165, 1.54) is 0 Å². The molecule has 100 valence electrons. The molecule has 3 fully saturated rings. The summed E-state index contributed by atoms with van der Waals surface area (Å²) >= 11 is 0. The largest absolute Gasteiger partial charge is 0.366 e. The molecule has 0 aromatic rings. The van der Waals surface area contributed by atoms with E-state index in [9.17, 15) is 4.79 Å². The molecular weight excluding hydrogens is 228 g/mol. The van der Waals surface area contributed by atoms with E-state index in [1.807, 2.05) is 13.8 Å². The van der Waals surface area contributed by atoms with Gasteiger partial charge in [-0.1, -0.05) is 5.57 Å². The van der Waals surface area contributed by atoms with Gasteiger partial charge in [0.1, 0.15) is 0 Å². The molecule has 2 saturated heterocycles. The Morgan fingerprint density at radius 1 is 1.17 bits per heavy atom. The summed E-state index contributed by atoms with van der Waals surface area (Å²) < 4.78 is 11.6. The summed E-state index contributed by atoms with van der Waals surface area (Å²) in [5.41, 5.74) is 1.85. The Bertz CT molecular complexity index is 435. The van der Waals surface area contributed by atoms with Crippen LogP contribution in [0.1, 0.15) is 53.4 Å². The number of carbonyl (C=O) groups excluding carboxylic acids is 1. The average Bonchev–Trinajstić information content (AvgIpc) is 3.09. The van der Waals surface area contributed by atoms with Crippen LogP contribution in [0.4, 0.5) is 0 Å². The highest BCUT2D eigenvalue weighted by Gasteiger charge is 2.58. The van der Waals surface area contributed by atoms with Gasteiger partial charge in [0.05, 0.1) is 23.4 Å². The third-order valence-corrected chi connectivity index (χ3v) is 4.81. The van der Waals surface area contributed by atoms with Crippen molar-refractivity contribution in [3.05, 3.63) is 11.1 Å². The first-order valence-electron chi connectivity index (χ1n) is 6.89. The first-order chi connectivity index (χ1) is 8.34. The van der Waals surface area contributed by atoms with E-state index in [-0.39, 0.29) is 29.2 Å². The number of allylic oxidation sites excluding steroid dienone is 1. The topological polar surface area (TPSA) is 42.1 Å². The number of Topliss-reactive ketones (excluding diaryl/α,β-unsaturated/α-hetero) is 1. The van der Waals surface area contributed by atoms with Crippen LogP contribution in [0, 0.1) is 0 Å². The van der Waals surface area contributed by atoms with Gasteiger partial charge in [0.15, 0.2) is 5.78 Å². The van der Waals surface area contributed by atoms with Crippen LogP contribution in [0.15, 0.2) is 11.1 Å². The minimum absolute atomic E-state index is 0.0226. The number of epoxide rings is 2. The second kappa shape index (κ2) is 3.67. The molecule has 0 bridgehead atoms. The monoisotopic (exact) mass is 250 g/mol. The Hall–Kier alpha value is -0.670. The van der Waals surface area contributed by atoms with Crippen LogP contribution in [0.3, 0.4) is 0 Å². The molecular formula is C15H22O3. The number of hydrogen-bond donors (Lipinski definition) is 0. The SMILES string of the molecule is CC(C)=C1C[C@@H]2O[C@@]2(C)CC[C@@H]2O[C@@]2(C)CC1=O. The molecule has 0 aromatic heterocycles. The lowest BCUT2D eigenvalue weighted by molar-refractivity contribution is -0.116. The Balaban J connectivity index is 1.86. The minimum atomic E-state index is -0.212. The molecule has 2 aliphatic heterocycles. The van der Waals surface area contributed by atoms with Crippen LogP contribution in [0.5, 0.6) is 0 Å². The Labute approximate surface area is 109 Å². The fraction of sp³-hybridized carbons (Fsp3) is 0.800. The molecule has 4 atom stereocenters. The van der Waals surface area contributed by atoms with Crippen LogP contribution in [0.25, 0.3) is 0 Å². The highest BCUT2D eigenvalue weighted by atomic mass is 16.6. The van der Waals surface area contributed by atoms with Gasteiger partial charge in [-0.25, -0.2) is 0 Å². The molecule has 0 N–H and O–H groups in total. The van der Waals surface area contributed by atoms with Crippen LogP contribution in [0.2, 0.25) is 0 Å². The zero-order chi connectivity index (χ0) is 13.1. The van der Waals surface area contributed by atoms with Gasteiger partial charge in [-0.3, -0.25) is 4.79 Å². The van der Waals surface area contributed by atoms with Crippen molar-refractivity contribution in [3.8, 4) is 0 Å². The lowest BCUT2D eigenvalue weighted by Gasteiger charge is -2.14. The van der Waals surface area contributed by atoms with Gasteiger partial charge in [-0.05, 0) is 46.1 Å². The molecule has 3 heteroatoms. The predicted molar refractivity (Wildman–Crippen MR) is 68.4 cm³/mol. The second-order valence-electron chi connectivity index (χ2n) is 6.66. The maximum Gasteiger partial charge on any atom is 0.161 e. The molecule has 0 amide bonds. The number of carbonyl (C=O) groups is 1. The van der Waals surface area contributed by atoms with Crippen molar-refractivity contribution < 1.29 is 14.3 Å². The van der Waals surface area contributed by atoms with Crippen LogP contribution >= 0.6 is 0 Å². The van der Waals surface area contributed by atoms with Crippen LogP contribution in [-0.2, 0) is 14.3 Å². The summed E-state index contributed by atoms with van der Waals surface area (Å²) in [7, 11) is 0. The normalized spacial score (nSPS) is 47.1. The van der Waals surface area contributed by atoms with Crippen molar-refractivity contribution in [1.29, 1.82) is 0 Å². The van der Waals surface area contributed by atoms with Gasteiger partial charge in [-0.2, -0.15) is 0 Å². The number of fused-ring (bicyclic) bond motifs is 2. The van der Waals surface area contributed by atoms with Gasteiger partial charge in [-0.15, -0.1) is 0 Å². The van der Waals surface area contributed by atoms with Gasteiger partial charge in [0.25, 0.3) is 0 Å². The second-order valence-corrected chi connectivity index (χ2v) is 6.66. The van der Waals surface area contributed by atoms with E-state index in [0.29, 0.717) is 6.42 Å². The molecule has 2 heterocycles. The summed E-state index contributed by atoms with van der Waals surface area (Å²) in [5.74, 6) is 0.250. The summed E-state index contributed by atoms with van der Waals surface area (Å²) in [6.07, 6.45) is 3.84. The maximum atomic E-state index is 12.4. The van der Waals surface area contributed by atoms with Crippen LogP contribution < -0.4 is 0 Å². The number of hydrogen-bond acceptors (Lipinski definition) is 3. The zero-order valence-electron chi connectivity index (χ0n) is 11.7. The van der Waals surface area contributed by atoms with E-state index >= 15 is 0 Å². The molecule has 0 unspecified atom stereocenters. The van der Waals surface area contributed by atoms with Gasteiger partial charge in [0, 0.05) is 12.8 Å². The predicted octanol–water partition coefficient (Wildman–Crippen LogP) is 2.78. The lowest BCUT2D eigenvalue weighted by atomic mass is 9.85. The van der Waals surface area contributed by atoms with E-state index in [2.05, 4.69) is 13.8 Å². The quantitative estimate of drug-likeness (QED) is 0.490. The summed E-state index contributed by atoms with van der Waals surface area (Å²) in [6.45, 7) is 8.26. The van der Waals surface area contributed by atoms with Gasteiger partial charge in [0.2, 0.25) is 0 Å². The Morgan fingerprint density at radius 2 is 1.83 bits per heavy atom. The van der Waals surface area contributed by atoms with E-state index in [1.54, 1.807) is 0 Å². The van der Waals surface area contributed by atoms with E-state index < -0.39 is 0 Å². The fourth-order valence-electron chi connectivity index (χ4n) is 3.20. The van der Waals surface area contributed by atoms with Crippen molar-refractivity contribution in [1.82, 2.24) is 0 Å². The minimum Gasteiger partial charge on any atom is -0.366 e. The third kappa shape index (κ3) is 1.94. The van der Waals surface area contributed by atoms with Crippen molar-refractivity contribution in [3.63, 3.8) is 0 Å². The number of ether oxygens (including phenoxy) is 2. The molecule has 0 spiro atoms. The lowest BCUT2D eigenvalue weighted by Crippen LogP contribution is -2.23. The maximum absolute atomic E-state index is 12.4. The van der Waals surface area contributed by atoms with Gasteiger partial charge < -0.3 is 9.47 Å². The molecule has 0 aromatic carbocycles. The first kappa shape index (κ1) is 12.4. The number of rotatable bonds is 0. The van der Waals surface area contributed by atoms with E-state index in [4.69, 9.17) is 9.47 Å². The third-order valence-electron chi connectivity index (χ3n) is 4.81. The molecule has 0 radical (unpaired) electrons. The van der Waals surface area contributed by atoms with Crippen molar-refractivity contribution >= 4 is 5.78 Å². The zero-order valence-corrected chi connectivity index (χ0v) is 11.7. The fourth-order valence-corrected chi connectivity index (χ4v) is 3.20. The summed E-state index contributed by atoms with van der Waals surface area (Å²) in [4.78, 5) is 12.4. The Kier molecular flexibility index (Phi) is 2.52. The number of ketones is 1. The standard InChI is InChI=1S/C15H22O3/c1-9(2)10-7-13-14(3,18-13)6-5-12-15(4,17-12)8-11(10)16/h12-13H,5-8H2,1-4H3/t12-,13-,14-,15-/m0/s1. The van der Waals surface area contributed by atoms with Crippen LogP contribution in [-0.4, -0.2) is 29.2 Å². The summed E-state index contributed by atoms with van der Waals surface area (Å²) in [5, 5.41) is 0. The highest BCUT2D eigenvalue weighted by Crippen LogP contribution is 2.50. The molecule has 1 aliphatic carbocycles. The molecule has 3 aliphatic rings. The van der Waals surface area contributed by atoms with Gasteiger partial charge >= 0.3 is 0 Å². The Morgan fingerprint density at radius 3 is 2.50 bits per heavy atom. The molecule has 1 saturated carbocycles. The highest BCUT2D eigenvalue weighted by molar-refractivity contribution is 5.97.